The summed E-state index contributed by atoms with van der Waals surface area (Å²) in [5, 5.41) is 11.4. The second-order valence-electron chi connectivity index (χ2n) is 3.48. The van der Waals surface area contributed by atoms with Gasteiger partial charge in [-0.15, -0.1) is 0 Å². The third kappa shape index (κ3) is 1.50. The summed E-state index contributed by atoms with van der Waals surface area (Å²) in [7, 11) is 0. The van der Waals surface area contributed by atoms with Crippen LogP contribution in [0.1, 0.15) is 0 Å². The lowest BCUT2D eigenvalue weighted by molar-refractivity contribution is 1.12. The van der Waals surface area contributed by atoms with Crippen molar-refractivity contribution in [2.24, 2.45) is 0 Å². The number of nitrogens with zero attached hydrogens (tertiary/aromatic N) is 2. The van der Waals surface area contributed by atoms with Crippen molar-refractivity contribution in [1.82, 2.24) is 15.2 Å². The topological polar surface area (TPSA) is 53.6 Å². The van der Waals surface area contributed by atoms with Crippen molar-refractivity contribution in [2.45, 2.75) is 0 Å². The van der Waals surface area contributed by atoms with Gasteiger partial charge >= 0.3 is 0 Å². The molecule has 0 radical (unpaired) electrons. The molecule has 16 heavy (non-hydrogen) atoms. The molecule has 2 N–H and O–H groups in total. The highest BCUT2D eigenvalue weighted by Gasteiger charge is 2.04. The van der Waals surface area contributed by atoms with Crippen LogP contribution in [0.5, 0.6) is 0 Å². The van der Waals surface area contributed by atoms with E-state index in [-0.39, 0.29) is 0 Å². The van der Waals surface area contributed by atoms with Gasteiger partial charge in [-0.05, 0) is 18.2 Å². The largest absolute Gasteiger partial charge is 0.338 e. The molecular formula is C12H10N4. The van der Waals surface area contributed by atoms with Gasteiger partial charge < -0.3 is 5.32 Å². The van der Waals surface area contributed by atoms with E-state index in [1.807, 2.05) is 36.4 Å². The molecule has 0 saturated carbocycles. The van der Waals surface area contributed by atoms with Crippen molar-refractivity contribution in [1.29, 1.82) is 0 Å². The Balaban J connectivity index is 2.01. The highest BCUT2D eigenvalue weighted by atomic mass is 15.2. The van der Waals surface area contributed by atoms with E-state index in [1.165, 1.54) is 0 Å². The van der Waals surface area contributed by atoms with Gasteiger partial charge in [-0.2, -0.15) is 5.10 Å². The fraction of sp³-hybridized carbons (Fsp3) is 0. The van der Waals surface area contributed by atoms with Gasteiger partial charge in [-0.3, -0.25) is 10.1 Å². The molecule has 0 aliphatic carbocycles. The molecule has 0 aliphatic heterocycles. The number of pyridine rings is 1. The van der Waals surface area contributed by atoms with Crippen molar-refractivity contribution in [2.75, 3.05) is 5.32 Å². The zero-order valence-electron chi connectivity index (χ0n) is 8.51. The number of aromatic nitrogens is 3. The molecule has 2 aromatic heterocycles. The van der Waals surface area contributed by atoms with Crippen molar-refractivity contribution in [3.8, 4) is 0 Å². The van der Waals surface area contributed by atoms with E-state index >= 15 is 0 Å². The second kappa shape index (κ2) is 3.66. The van der Waals surface area contributed by atoms with Gasteiger partial charge in [0.2, 0.25) is 0 Å². The highest BCUT2D eigenvalue weighted by molar-refractivity contribution is 5.90. The first-order chi connectivity index (χ1) is 7.93. The minimum absolute atomic E-state index is 0.800. The molecule has 0 amide bonds. The highest BCUT2D eigenvalue weighted by Crippen LogP contribution is 2.22. The van der Waals surface area contributed by atoms with Crippen LogP contribution in [0.3, 0.4) is 0 Å². The molecule has 0 fully saturated rings. The van der Waals surface area contributed by atoms with E-state index in [9.17, 15) is 0 Å². The minimum Gasteiger partial charge on any atom is -0.338 e. The number of fused-ring (bicyclic) bond motifs is 1. The van der Waals surface area contributed by atoms with Gasteiger partial charge in [0.1, 0.15) is 0 Å². The number of anilines is 2. The fourth-order valence-corrected chi connectivity index (χ4v) is 1.61. The summed E-state index contributed by atoms with van der Waals surface area (Å²) in [5.74, 6) is 0.800. The third-order valence-electron chi connectivity index (χ3n) is 2.40. The normalized spacial score (nSPS) is 10.5. The van der Waals surface area contributed by atoms with E-state index in [1.54, 1.807) is 12.4 Å². The molecule has 3 rings (SSSR count). The zero-order valence-corrected chi connectivity index (χ0v) is 8.51. The molecule has 3 aromatic rings. The summed E-state index contributed by atoms with van der Waals surface area (Å²) in [4.78, 5) is 4.09. The van der Waals surface area contributed by atoms with E-state index < -0.39 is 0 Å². The van der Waals surface area contributed by atoms with Crippen LogP contribution >= 0.6 is 0 Å². The average molecular weight is 210 g/mol. The molecule has 0 saturated heterocycles. The summed E-state index contributed by atoms with van der Waals surface area (Å²) in [6, 6.07) is 11.8. The molecular weight excluding hydrogens is 200 g/mol. The smallest absolute Gasteiger partial charge is 0.161 e. The molecule has 0 spiro atoms. The number of rotatable bonds is 2. The van der Waals surface area contributed by atoms with E-state index in [4.69, 9.17) is 0 Å². The lowest BCUT2D eigenvalue weighted by Crippen LogP contribution is -1.90. The Bertz CT molecular complexity index is 600. The Kier molecular flexibility index (Phi) is 2.04. The number of hydrogen-bond acceptors (Lipinski definition) is 3. The summed E-state index contributed by atoms with van der Waals surface area (Å²) in [5.41, 5.74) is 1.99. The predicted octanol–water partition coefficient (Wildman–Crippen LogP) is 2.70. The van der Waals surface area contributed by atoms with E-state index in [0.717, 1.165) is 22.4 Å². The maximum Gasteiger partial charge on any atom is 0.161 e. The average Bonchev–Trinajstić information content (AvgIpc) is 2.74. The molecule has 0 atom stereocenters. The van der Waals surface area contributed by atoms with Gasteiger partial charge in [-0.1, -0.05) is 18.2 Å². The molecule has 4 heteroatoms. The van der Waals surface area contributed by atoms with Gasteiger partial charge in [0.15, 0.2) is 5.82 Å². The van der Waals surface area contributed by atoms with E-state index in [2.05, 4.69) is 20.5 Å². The lowest BCUT2D eigenvalue weighted by Gasteiger charge is -2.01. The maximum absolute atomic E-state index is 4.21. The third-order valence-corrected chi connectivity index (χ3v) is 2.40. The Labute approximate surface area is 92.3 Å². The standard InChI is InChI=1S/C12H10N4/c1-2-4-9(5-3-1)14-12-10-8-13-7-6-11(10)15-16-12/h1-8H,(H2,14,15,16). The first-order valence-corrected chi connectivity index (χ1v) is 5.03. The molecule has 0 bridgehead atoms. The van der Waals surface area contributed by atoms with E-state index in [0.29, 0.717) is 0 Å². The predicted molar refractivity (Wildman–Crippen MR) is 63.6 cm³/mol. The van der Waals surface area contributed by atoms with Crippen molar-refractivity contribution in [3.63, 3.8) is 0 Å². The quantitative estimate of drug-likeness (QED) is 0.683. The van der Waals surface area contributed by atoms with Crippen LogP contribution in [-0.2, 0) is 0 Å². The number of benzene rings is 1. The number of hydrogen-bond donors (Lipinski definition) is 2. The lowest BCUT2D eigenvalue weighted by atomic mass is 10.3. The Hall–Kier alpha value is -2.36. The zero-order chi connectivity index (χ0) is 10.8. The van der Waals surface area contributed by atoms with Gasteiger partial charge in [0.25, 0.3) is 0 Å². The monoisotopic (exact) mass is 210 g/mol. The minimum atomic E-state index is 0.800. The Morgan fingerprint density at radius 3 is 2.81 bits per heavy atom. The Morgan fingerprint density at radius 2 is 1.94 bits per heavy atom. The van der Waals surface area contributed by atoms with Crippen LogP contribution in [0.15, 0.2) is 48.8 Å². The Morgan fingerprint density at radius 1 is 1.06 bits per heavy atom. The fourth-order valence-electron chi connectivity index (χ4n) is 1.61. The van der Waals surface area contributed by atoms with Crippen LogP contribution < -0.4 is 5.32 Å². The second-order valence-corrected chi connectivity index (χ2v) is 3.48. The molecule has 78 valence electrons. The molecule has 0 unspecified atom stereocenters. The summed E-state index contributed by atoms with van der Waals surface area (Å²) in [6.07, 6.45) is 3.54. The van der Waals surface area contributed by atoms with Crippen LogP contribution in [0.4, 0.5) is 11.5 Å². The van der Waals surface area contributed by atoms with Crippen molar-refractivity contribution >= 4 is 22.4 Å². The van der Waals surface area contributed by atoms with Crippen LogP contribution in [0.2, 0.25) is 0 Å². The molecule has 0 aliphatic rings. The maximum atomic E-state index is 4.21. The summed E-state index contributed by atoms with van der Waals surface area (Å²) in [6.45, 7) is 0. The van der Waals surface area contributed by atoms with Crippen LogP contribution in [-0.4, -0.2) is 15.2 Å². The number of H-pyrrole nitrogens is 1. The van der Waals surface area contributed by atoms with Crippen molar-refractivity contribution in [3.05, 3.63) is 48.8 Å². The van der Waals surface area contributed by atoms with Gasteiger partial charge in [0.05, 0.1) is 10.9 Å². The first-order valence-electron chi connectivity index (χ1n) is 5.03. The number of aromatic amines is 1. The van der Waals surface area contributed by atoms with Gasteiger partial charge in [-0.25, -0.2) is 0 Å². The summed E-state index contributed by atoms with van der Waals surface area (Å²) >= 11 is 0. The van der Waals surface area contributed by atoms with Gasteiger partial charge in [0, 0.05) is 18.1 Å². The summed E-state index contributed by atoms with van der Waals surface area (Å²) < 4.78 is 0. The molecule has 4 nitrogen and oxygen atoms in total. The number of para-hydroxylation sites is 1. The number of nitrogens with one attached hydrogen (secondary N) is 2. The molecule has 1 aromatic carbocycles. The van der Waals surface area contributed by atoms with Crippen LogP contribution in [0.25, 0.3) is 10.9 Å². The molecule has 2 heterocycles. The first kappa shape index (κ1) is 8.91. The van der Waals surface area contributed by atoms with Crippen LogP contribution in [0, 0.1) is 0 Å². The van der Waals surface area contributed by atoms with Crippen molar-refractivity contribution < 1.29 is 0 Å². The SMILES string of the molecule is c1ccc(Nc2n[nH]c3ccncc23)cc1.